The van der Waals surface area contributed by atoms with E-state index in [0.29, 0.717) is 53.9 Å². The van der Waals surface area contributed by atoms with Crippen LogP contribution in [0.15, 0.2) is 69.0 Å². The van der Waals surface area contributed by atoms with Gasteiger partial charge in [-0.1, -0.05) is 51.3 Å². The van der Waals surface area contributed by atoms with Crippen molar-refractivity contribution < 1.29 is 24.2 Å². The average molecular weight is 636 g/mol. The number of carboxylic acid groups (broad SMARTS) is 1. The van der Waals surface area contributed by atoms with Crippen molar-refractivity contribution in [2.75, 3.05) is 13.7 Å². The van der Waals surface area contributed by atoms with Gasteiger partial charge in [-0.15, -0.1) is 0 Å². The van der Waals surface area contributed by atoms with Crippen LogP contribution in [0.5, 0.6) is 11.5 Å². The van der Waals surface area contributed by atoms with Crippen molar-refractivity contribution in [3.63, 3.8) is 0 Å². The summed E-state index contributed by atoms with van der Waals surface area (Å²) in [6, 6.07) is 15.0. The molecule has 0 saturated carbocycles. The van der Waals surface area contributed by atoms with Gasteiger partial charge in [0, 0.05) is 26.6 Å². The van der Waals surface area contributed by atoms with Crippen LogP contribution in [0.1, 0.15) is 28.4 Å². The highest BCUT2D eigenvalue weighted by Gasteiger charge is 2.32. The van der Waals surface area contributed by atoms with Gasteiger partial charge in [-0.05, 0) is 72.8 Å². The number of ether oxygens (including phenoxy) is 2. The number of benzene rings is 3. The highest BCUT2D eigenvalue weighted by molar-refractivity contribution is 9.10. The van der Waals surface area contributed by atoms with Crippen LogP contribution in [0.25, 0.3) is 6.08 Å². The molecule has 3 aromatic carbocycles. The fourth-order valence-corrected chi connectivity index (χ4v) is 5.51. The summed E-state index contributed by atoms with van der Waals surface area (Å²) >= 11 is 17.0. The largest absolute Gasteiger partial charge is 0.493 e. The van der Waals surface area contributed by atoms with E-state index >= 15 is 0 Å². The minimum absolute atomic E-state index is 0.122. The number of hydrogen-bond donors (Lipinski definition) is 1. The van der Waals surface area contributed by atoms with Gasteiger partial charge in [0.1, 0.15) is 6.61 Å². The van der Waals surface area contributed by atoms with Crippen molar-refractivity contribution in [2.45, 2.75) is 13.5 Å². The maximum absolute atomic E-state index is 13.1. The molecule has 4 rings (SSSR count). The van der Waals surface area contributed by atoms with Gasteiger partial charge < -0.3 is 14.6 Å². The number of aliphatic imine (C=N–C) groups is 1. The SMILES string of the molecule is CCN1C(=O)/C(=C/c2cc(OC)c(OCc3ccc(Cl)cc3Cl)cc2Br)SC1=Nc1cccc(C(=O)O)c1. The average Bonchev–Trinajstić information content (AvgIpc) is 3.18. The van der Waals surface area contributed by atoms with Crippen LogP contribution in [-0.4, -0.2) is 40.7 Å². The molecule has 0 spiro atoms. The predicted molar refractivity (Wildman–Crippen MR) is 155 cm³/mol. The molecule has 0 aliphatic carbocycles. The van der Waals surface area contributed by atoms with Gasteiger partial charge in [0.15, 0.2) is 16.7 Å². The zero-order valence-corrected chi connectivity index (χ0v) is 24.1. The molecule has 1 aliphatic heterocycles. The van der Waals surface area contributed by atoms with Gasteiger partial charge >= 0.3 is 5.97 Å². The summed E-state index contributed by atoms with van der Waals surface area (Å²) in [7, 11) is 1.53. The number of thioether (sulfide) groups is 1. The molecular weight excluding hydrogens is 615 g/mol. The van der Waals surface area contributed by atoms with Crippen molar-refractivity contribution in [1.82, 2.24) is 4.90 Å². The number of amidine groups is 1. The molecule has 0 bridgehead atoms. The van der Waals surface area contributed by atoms with E-state index in [1.54, 1.807) is 53.4 Å². The Morgan fingerprint density at radius 1 is 1.16 bits per heavy atom. The number of carbonyl (C=O) groups excluding carboxylic acids is 1. The normalized spacial score (nSPS) is 15.4. The monoisotopic (exact) mass is 634 g/mol. The minimum atomic E-state index is -1.04. The molecule has 1 fully saturated rings. The summed E-state index contributed by atoms with van der Waals surface area (Å²) in [4.78, 5) is 31.0. The van der Waals surface area contributed by atoms with E-state index in [2.05, 4.69) is 20.9 Å². The lowest BCUT2D eigenvalue weighted by atomic mass is 10.1. The Labute approximate surface area is 242 Å². The van der Waals surface area contributed by atoms with E-state index in [1.165, 1.54) is 31.0 Å². The number of carbonyl (C=O) groups is 2. The molecule has 38 heavy (non-hydrogen) atoms. The number of likely N-dealkylation sites (N-methyl/N-ethyl adjacent to an activating group) is 1. The van der Waals surface area contributed by atoms with Gasteiger partial charge in [-0.25, -0.2) is 9.79 Å². The first kappa shape index (κ1) is 28.0. The number of rotatable bonds is 8. The van der Waals surface area contributed by atoms with Crippen molar-refractivity contribution in [1.29, 1.82) is 0 Å². The molecule has 3 aromatic rings. The number of hydrogen-bond acceptors (Lipinski definition) is 6. The van der Waals surface area contributed by atoms with Gasteiger partial charge in [-0.2, -0.15) is 0 Å². The van der Waals surface area contributed by atoms with Crippen LogP contribution in [0.2, 0.25) is 10.0 Å². The molecule has 7 nitrogen and oxygen atoms in total. The van der Waals surface area contributed by atoms with E-state index in [-0.39, 0.29) is 18.1 Å². The molecule has 1 heterocycles. The van der Waals surface area contributed by atoms with Crippen molar-refractivity contribution in [2.24, 2.45) is 4.99 Å². The van der Waals surface area contributed by atoms with Gasteiger partial charge in [0.05, 0.1) is 23.3 Å². The Morgan fingerprint density at radius 2 is 1.95 bits per heavy atom. The Hall–Kier alpha value is -2.98. The van der Waals surface area contributed by atoms with Gasteiger partial charge in [0.25, 0.3) is 5.91 Å². The second kappa shape index (κ2) is 12.3. The highest BCUT2D eigenvalue weighted by atomic mass is 79.9. The molecule has 11 heteroatoms. The fourth-order valence-electron chi connectivity index (χ4n) is 3.56. The lowest BCUT2D eigenvalue weighted by Gasteiger charge is -2.14. The lowest BCUT2D eigenvalue weighted by Crippen LogP contribution is -2.28. The molecule has 0 atom stereocenters. The molecular formula is C27H21BrCl2N2O5S. The van der Waals surface area contributed by atoms with E-state index in [4.69, 9.17) is 32.7 Å². The van der Waals surface area contributed by atoms with Crippen LogP contribution in [-0.2, 0) is 11.4 Å². The van der Waals surface area contributed by atoms with E-state index in [0.717, 1.165) is 5.56 Å². The smallest absolute Gasteiger partial charge is 0.335 e. The molecule has 0 aromatic heterocycles. The summed E-state index contributed by atoms with van der Waals surface area (Å²) < 4.78 is 12.2. The summed E-state index contributed by atoms with van der Waals surface area (Å²) in [5.41, 5.74) is 2.05. The van der Waals surface area contributed by atoms with Crippen molar-refractivity contribution in [3.8, 4) is 11.5 Å². The standard InChI is InChI=1S/C27H21BrCl2N2O5S/c1-3-32-25(33)24(38-27(32)31-19-6-4-5-15(9-19)26(34)35)11-17-10-22(36-2)23(13-20(17)28)37-14-16-7-8-18(29)12-21(16)30/h4-13H,3,14H2,1-2H3,(H,34,35)/b24-11-,31-27?. The molecule has 196 valence electrons. The van der Waals surface area contributed by atoms with Gasteiger partial charge in [0.2, 0.25) is 0 Å². The molecule has 1 saturated heterocycles. The first-order valence-electron chi connectivity index (χ1n) is 11.3. The molecule has 1 aliphatic rings. The van der Waals surface area contributed by atoms with Crippen LogP contribution in [0, 0.1) is 0 Å². The second-order valence-electron chi connectivity index (χ2n) is 7.96. The predicted octanol–water partition coefficient (Wildman–Crippen LogP) is 7.67. The fraction of sp³-hybridized carbons (Fsp3) is 0.148. The molecule has 1 amide bonds. The summed E-state index contributed by atoms with van der Waals surface area (Å²) in [6.07, 6.45) is 1.75. The first-order valence-corrected chi connectivity index (χ1v) is 13.6. The number of nitrogens with zero attached hydrogens (tertiary/aromatic N) is 2. The lowest BCUT2D eigenvalue weighted by molar-refractivity contribution is -0.122. The number of methoxy groups -OCH3 is 1. The number of amides is 1. The maximum atomic E-state index is 13.1. The zero-order chi connectivity index (χ0) is 27.4. The zero-order valence-electron chi connectivity index (χ0n) is 20.2. The second-order valence-corrected chi connectivity index (χ2v) is 10.7. The molecule has 0 unspecified atom stereocenters. The summed E-state index contributed by atoms with van der Waals surface area (Å²) in [5.74, 6) is -0.271. The third-order valence-electron chi connectivity index (χ3n) is 5.49. The summed E-state index contributed by atoms with van der Waals surface area (Å²) in [6.45, 7) is 2.47. The Kier molecular flexibility index (Phi) is 9.04. The summed E-state index contributed by atoms with van der Waals surface area (Å²) in [5, 5.41) is 10.8. The van der Waals surface area contributed by atoms with Crippen LogP contribution < -0.4 is 9.47 Å². The van der Waals surface area contributed by atoms with E-state index < -0.39 is 5.97 Å². The van der Waals surface area contributed by atoms with Crippen LogP contribution >= 0.6 is 50.9 Å². The highest BCUT2D eigenvalue weighted by Crippen LogP contribution is 2.39. The number of carboxylic acids is 1. The van der Waals surface area contributed by atoms with E-state index in [1.807, 2.05) is 6.92 Å². The minimum Gasteiger partial charge on any atom is -0.493 e. The van der Waals surface area contributed by atoms with Crippen LogP contribution in [0.4, 0.5) is 5.69 Å². The maximum Gasteiger partial charge on any atom is 0.335 e. The molecule has 1 N–H and O–H groups in total. The molecule has 0 radical (unpaired) electrons. The number of aromatic carboxylic acids is 1. The number of halogens is 3. The Balaban J connectivity index is 1.60. The van der Waals surface area contributed by atoms with Crippen molar-refractivity contribution in [3.05, 3.63) is 90.7 Å². The van der Waals surface area contributed by atoms with Crippen molar-refractivity contribution >= 4 is 79.7 Å². The van der Waals surface area contributed by atoms with Gasteiger partial charge in [-0.3, -0.25) is 9.69 Å². The quantitative estimate of drug-likeness (QED) is 0.256. The van der Waals surface area contributed by atoms with E-state index in [9.17, 15) is 14.7 Å². The van der Waals surface area contributed by atoms with Crippen LogP contribution in [0.3, 0.4) is 0 Å². The third kappa shape index (κ3) is 6.35. The first-order chi connectivity index (χ1) is 18.2. The third-order valence-corrected chi connectivity index (χ3v) is 7.77. The topological polar surface area (TPSA) is 88.4 Å². The Morgan fingerprint density at radius 3 is 2.63 bits per heavy atom. The Bertz CT molecular complexity index is 1480.